The number of alkyl halides is 2. The first-order valence-corrected chi connectivity index (χ1v) is 11.3. The van der Waals surface area contributed by atoms with Crippen molar-refractivity contribution in [3.63, 3.8) is 0 Å². The third-order valence-electron chi connectivity index (χ3n) is 5.32. The lowest BCUT2D eigenvalue weighted by Crippen LogP contribution is -2.50. The van der Waals surface area contributed by atoms with Crippen LogP contribution in [0.25, 0.3) is 0 Å². The number of carbonyl (C=O) groups is 2. The van der Waals surface area contributed by atoms with Crippen molar-refractivity contribution in [1.29, 1.82) is 0 Å². The van der Waals surface area contributed by atoms with E-state index in [1.807, 2.05) is 36.9 Å². The number of carbonyl (C=O) groups excluding carboxylic acids is 2. The summed E-state index contributed by atoms with van der Waals surface area (Å²) in [7, 11) is 0. The van der Waals surface area contributed by atoms with Crippen LogP contribution in [0.5, 0.6) is 0 Å². The normalized spacial score (nSPS) is 15.0. The van der Waals surface area contributed by atoms with Gasteiger partial charge in [-0.05, 0) is 37.1 Å². The summed E-state index contributed by atoms with van der Waals surface area (Å²) in [6.07, 6.45) is 0. The van der Waals surface area contributed by atoms with E-state index in [1.54, 1.807) is 24.3 Å². The number of rotatable bonds is 8. The Kier molecular flexibility index (Phi) is 8.60. The molecule has 0 aromatic heterocycles. The minimum absolute atomic E-state index is 0.0540. The molecule has 2 aromatic rings. The fourth-order valence-electron chi connectivity index (χ4n) is 3.66. The van der Waals surface area contributed by atoms with Crippen molar-refractivity contribution in [3.8, 4) is 0 Å². The fraction of sp³-hybridized carbons (Fsp3) is 0.391. The molecular formula is C23H28F2N4O2S. The summed E-state index contributed by atoms with van der Waals surface area (Å²) in [5, 5.41) is 5.73. The Morgan fingerprint density at radius 3 is 1.97 bits per heavy atom. The highest BCUT2D eigenvalue weighted by atomic mass is 32.2. The van der Waals surface area contributed by atoms with Crippen LogP contribution in [-0.4, -0.2) is 66.6 Å². The molecular weight excluding hydrogens is 434 g/mol. The number of hydrogen-bond donors (Lipinski definition) is 2. The molecule has 0 aliphatic carbocycles. The van der Waals surface area contributed by atoms with Crippen LogP contribution in [0.2, 0.25) is 0 Å². The van der Waals surface area contributed by atoms with E-state index in [4.69, 9.17) is 0 Å². The van der Waals surface area contributed by atoms with Gasteiger partial charge in [-0.15, -0.1) is 0 Å². The maximum Gasteiger partial charge on any atom is 0.288 e. The van der Waals surface area contributed by atoms with Gasteiger partial charge in [0.1, 0.15) is 0 Å². The minimum Gasteiger partial charge on any atom is -0.324 e. The van der Waals surface area contributed by atoms with Gasteiger partial charge < -0.3 is 10.6 Å². The zero-order chi connectivity index (χ0) is 23.1. The number of piperazine rings is 1. The fourth-order valence-corrected chi connectivity index (χ4v) is 4.26. The third-order valence-corrected chi connectivity index (χ3v) is 6.11. The average molecular weight is 463 g/mol. The number of aryl methyl sites for hydroxylation is 2. The van der Waals surface area contributed by atoms with Crippen LogP contribution in [0.4, 0.5) is 20.2 Å². The summed E-state index contributed by atoms with van der Waals surface area (Å²) in [5.41, 5.74) is 3.31. The van der Waals surface area contributed by atoms with E-state index in [1.165, 1.54) is 0 Å². The largest absolute Gasteiger partial charge is 0.324 e. The van der Waals surface area contributed by atoms with Crippen LogP contribution in [0.3, 0.4) is 0 Å². The van der Waals surface area contributed by atoms with Crippen molar-refractivity contribution < 1.29 is 18.4 Å². The Bertz CT molecular complexity index is 929. The number of hydrogen-bond acceptors (Lipinski definition) is 5. The molecule has 1 aliphatic rings. The first-order chi connectivity index (χ1) is 15.3. The van der Waals surface area contributed by atoms with Gasteiger partial charge in [-0.2, -0.15) is 8.78 Å². The zero-order valence-corrected chi connectivity index (χ0v) is 19.1. The van der Waals surface area contributed by atoms with Gasteiger partial charge in [-0.1, -0.05) is 42.1 Å². The van der Waals surface area contributed by atoms with E-state index >= 15 is 0 Å². The highest BCUT2D eigenvalue weighted by Crippen LogP contribution is 2.31. The molecule has 0 unspecified atom stereocenters. The molecule has 1 fully saturated rings. The van der Waals surface area contributed by atoms with Gasteiger partial charge in [0, 0.05) is 36.8 Å². The van der Waals surface area contributed by atoms with E-state index in [9.17, 15) is 18.4 Å². The molecule has 172 valence electrons. The number of amides is 2. The van der Waals surface area contributed by atoms with Crippen LogP contribution in [-0.2, 0) is 9.59 Å². The van der Waals surface area contributed by atoms with Gasteiger partial charge in [0.25, 0.3) is 5.76 Å². The molecule has 0 spiro atoms. The highest BCUT2D eigenvalue weighted by Gasteiger charge is 2.21. The summed E-state index contributed by atoms with van der Waals surface area (Å²) in [6.45, 7) is 7.06. The zero-order valence-electron chi connectivity index (χ0n) is 18.2. The molecule has 0 atom stereocenters. The molecule has 32 heavy (non-hydrogen) atoms. The van der Waals surface area contributed by atoms with Crippen LogP contribution in [0.1, 0.15) is 11.1 Å². The molecule has 0 radical (unpaired) electrons. The van der Waals surface area contributed by atoms with E-state index in [0.717, 1.165) is 16.8 Å². The average Bonchev–Trinajstić information content (AvgIpc) is 2.73. The van der Waals surface area contributed by atoms with Gasteiger partial charge in [0.2, 0.25) is 11.8 Å². The van der Waals surface area contributed by atoms with Gasteiger partial charge in [-0.25, -0.2) is 0 Å². The number of halogens is 2. The number of para-hydroxylation sites is 2. The Morgan fingerprint density at radius 2 is 1.41 bits per heavy atom. The molecule has 2 N–H and O–H groups in total. The van der Waals surface area contributed by atoms with E-state index < -0.39 is 5.76 Å². The van der Waals surface area contributed by atoms with Crippen molar-refractivity contribution in [2.75, 3.05) is 49.9 Å². The van der Waals surface area contributed by atoms with E-state index in [0.29, 0.717) is 55.1 Å². The first-order valence-electron chi connectivity index (χ1n) is 10.5. The van der Waals surface area contributed by atoms with Crippen LogP contribution in [0, 0.1) is 13.8 Å². The summed E-state index contributed by atoms with van der Waals surface area (Å²) in [4.78, 5) is 29.3. The molecule has 1 saturated heterocycles. The van der Waals surface area contributed by atoms with Crippen LogP contribution >= 0.6 is 11.8 Å². The molecule has 2 amide bonds. The third kappa shape index (κ3) is 7.01. The van der Waals surface area contributed by atoms with Crippen molar-refractivity contribution in [3.05, 3.63) is 53.6 Å². The van der Waals surface area contributed by atoms with Crippen molar-refractivity contribution >= 4 is 35.0 Å². The van der Waals surface area contributed by atoms with E-state index in [2.05, 4.69) is 15.5 Å². The smallest absolute Gasteiger partial charge is 0.288 e. The Labute approximate surface area is 191 Å². The molecule has 0 saturated carbocycles. The van der Waals surface area contributed by atoms with Gasteiger partial charge in [-0.3, -0.25) is 19.4 Å². The molecule has 2 aromatic carbocycles. The van der Waals surface area contributed by atoms with Crippen LogP contribution < -0.4 is 10.6 Å². The van der Waals surface area contributed by atoms with Crippen LogP contribution in [0.15, 0.2) is 47.4 Å². The summed E-state index contributed by atoms with van der Waals surface area (Å²) in [6, 6.07) is 12.5. The lowest BCUT2D eigenvalue weighted by atomic mass is 10.1. The lowest BCUT2D eigenvalue weighted by molar-refractivity contribution is -0.120. The molecule has 3 rings (SSSR count). The number of benzene rings is 2. The van der Waals surface area contributed by atoms with Gasteiger partial charge in [0.05, 0.1) is 18.8 Å². The predicted molar refractivity (Wildman–Crippen MR) is 124 cm³/mol. The number of nitrogens with zero attached hydrogens (tertiary/aromatic N) is 2. The summed E-state index contributed by atoms with van der Waals surface area (Å²) < 4.78 is 25.4. The van der Waals surface area contributed by atoms with Gasteiger partial charge >= 0.3 is 0 Å². The standard InChI is InChI=1S/C23H28F2N4O2S/c1-16-6-5-7-17(2)22(16)27-21(31)15-29-12-10-28(11-13-29)14-20(30)26-18-8-3-4-9-19(18)32-23(24)25/h3-9,23H,10-15H2,1-2H3,(H,26,30)(H,27,31). The highest BCUT2D eigenvalue weighted by molar-refractivity contribution is 7.99. The molecule has 9 heteroatoms. The van der Waals surface area contributed by atoms with Crippen molar-refractivity contribution in [1.82, 2.24) is 9.80 Å². The molecule has 1 heterocycles. The first kappa shape index (κ1) is 24.2. The second kappa shape index (κ2) is 11.4. The minimum atomic E-state index is -2.55. The topological polar surface area (TPSA) is 64.7 Å². The predicted octanol–water partition coefficient (Wildman–Crippen LogP) is 3.81. The molecule has 1 aliphatic heterocycles. The van der Waals surface area contributed by atoms with Crippen molar-refractivity contribution in [2.45, 2.75) is 24.5 Å². The second-order valence-electron chi connectivity index (χ2n) is 7.79. The maximum atomic E-state index is 12.7. The maximum absolute atomic E-state index is 12.7. The number of nitrogens with one attached hydrogen (secondary N) is 2. The quantitative estimate of drug-likeness (QED) is 0.584. The van der Waals surface area contributed by atoms with Crippen molar-refractivity contribution in [2.24, 2.45) is 0 Å². The Hall–Kier alpha value is -2.49. The monoisotopic (exact) mass is 462 g/mol. The number of anilines is 2. The number of thioether (sulfide) groups is 1. The summed E-state index contributed by atoms with van der Waals surface area (Å²) in [5.74, 6) is -2.84. The lowest BCUT2D eigenvalue weighted by Gasteiger charge is -2.33. The SMILES string of the molecule is Cc1cccc(C)c1NC(=O)CN1CCN(CC(=O)Nc2ccccc2SC(F)F)CC1. The van der Waals surface area contributed by atoms with Gasteiger partial charge in [0.15, 0.2) is 0 Å². The van der Waals surface area contributed by atoms with E-state index in [-0.39, 0.29) is 18.4 Å². The Balaban J connectivity index is 1.44. The molecule has 0 bridgehead atoms. The summed E-state index contributed by atoms with van der Waals surface area (Å²) >= 11 is 0.415. The second-order valence-corrected chi connectivity index (χ2v) is 8.82. The molecule has 6 nitrogen and oxygen atoms in total. The Morgan fingerprint density at radius 1 is 0.875 bits per heavy atom.